The summed E-state index contributed by atoms with van der Waals surface area (Å²) in [6, 6.07) is 11.8. The van der Waals surface area contributed by atoms with Crippen LogP contribution in [0.25, 0.3) is 10.2 Å². The minimum Gasteiger partial charge on any atom is -0.460 e. The molecule has 0 amide bonds. The van der Waals surface area contributed by atoms with Crippen LogP contribution in [0.5, 0.6) is 0 Å². The largest absolute Gasteiger partial charge is 0.460 e. The lowest BCUT2D eigenvalue weighted by Gasteiger charge is -1.99. The van der Waals surface area contributed by atoms with Gasteiger partial charge in [0, 0.05) is 11.3 Å². The Morgan fingerprint density at radius 3 is 2.82 bits per heavy atom. The van der Waals surface area contributed by atoms with E-state index in [0.717, 1.165) is 16.9 Å². The molecule has 1 aromatic carbocycles. The van der Waals surface area contributed by atoms with E-state index in [1.165, 1.54) is 11.3 Å². The van der Waals surface area contributed by atoms with Gasteiger partial charge < -0.3 is 9.72 Å². The molecular formula is C16H14N2O3S. The zero-order chi connectivity index (χ0) is 15.5. The van der Waals surface area contributed by atoms with Crippen molar-refractivity contribution in [3.8, 4) is 0 Å². The predicted octanol–water partition coefficient (Wildman–Crippen LogP) is 2.75. The van der Waals surface area contributed by atoms with E-state index in [2.05, 4.69) is 9.97 Å². The van der Waals surface area contributed by atoms with Gasteiger partial charge in [-0.25, -0.2) is 9.78 Å². The number of aromatic amines is 1. The maximum absolute atomic E-state index is 12.1. The van der Waals surface area contributed by atoms with Crippen molar-refractivity contribution >= 4 is 27.5 Å². The fourth-order valence-electron chi connectivity index (χ4n) is 2.16. The quantitative estimate of drug-likeness (QED) is 0.752. The van der Waals surface area contributed by atoms with E-state index in [0.29, 0.717) is 10.2 Å². The molecule has 0 bridgehead atoms. The molecule has 1 N–H and O–H groups in total. The highest BCUT2D eigenvalue weighted by molar-refractivity contribution is 7.18. The number of nitrogens with one attached hydrogen (secondary N) is 1. The summed E-state index contributed by atoms with van der Waals surface area (Å²) in [7, 11) is 0. The summed E-state index contributed by atoms with van der Waals surface area (Å²) >= 11 is 1.42. The second-order valence-electron chi connectivity index (χ2n) is 4.73. The highest BCUT2D eigenvalue weighted by atomic mass is 32.1. The third-order valence-corrected chi connectivity index (χ3v) is 4.17. The van der Waals surface area contributed by atoms with Crippen LogP contribution in [0.2, 0.25) is 0 Å². The van der Waals surface area contributed by atoms with Crippen LogP contribution in [-0.4, -0.2) is 22.5 Å². The molecule has 0 saturated carbocycles. The van der Waals surface area contributed by atoms with Crippen LogP contribution >= 0.6 is 11.3 Å². The smallest absolute Gasteiger partial charge is 0.374 e. The van der Waals surface area contributed by atoms with Gasteiger partial charge in [-0.05, 0) is 18.6 Å². The maximum Gasteiger partial charge on any atom is 0.374 e. The number of rotatable bonds is 4. The Morgan fingerprint density at radius 1 is 1.32 bits per heavy atom. The number of hydrogen-bond donors (Lipinski definition) is 1. The Labute approximate surface area is 130 Å². The molecule has 6 heteroatoms. The monoisotopic (exact) mass is 314 g/mol. The lowest BCUT2D eigenvalue weighted by molar-refractivity contribution is 0.0512. The molecule has 0 aliphatic rings. The topological polar surface area (TPSA) is 72.0 Å². The van der Waals surface area contributed by atoms with Crippen molar-refractivity contribution in [3.05, 3.63) is 63.0 Å². The van der Waals surface area contributed by atoms with Crippen molar-refractivity contribution in [2.45, 2.75) is 13.3 Å². The van der Waals surface area contributed by atoms with E-state index in [9.17, 15) is 9.59 Å². The Kier molecular flexibility index (Phi) is 4.02. The Morgan fingerprint density at radius 2 is 2.09 bits per heavy atom. The van der Waals surface area contributed by atoms with E-state index in [1.807, 2.05) is 36.4 Å². The summed E-state index contributed by atoms with van der Waals surface area (Å²) in [5.41, 5.74) is 0.847. The molecule has 0 spiro atoms. The van der Waals surface area contributed by atoms with Gasteiger partial charge in [-0.1, -0.05) is 30.3 Å². The first-order valence-electron chi connectivity index (χ1n) is 6.91. The molecule has 112 valence electrons. The molecule has 2 heterocycles. The minimum atomic E-state index is -0.612. The highest BCUT2D eigenvalue weighted by Crippen LogP contribution is 2.23. The maximum atomic E-state index is 12.1. The van der Waals surface area contributed by atoms with Crippen LogP contribution in [0.15, 0.2) is 41.2 Å². The minimum absolute atomic E-state index is 0.0486. The molecule has 0 unspecified atom stereocenters. The third kappa shape index (κ3) is 2.92. The molecule has 0 saturated heterocycles. The van der Waals surface area contributed by atoms with Gasteiger partial charge in [-0.15, -0.1) is 11.3 Å². The summed E-state index contributed by atoms with van der Waals surface area (Å²) < 4.78 is 4.87. The van der Waals surface area contributed by atoms with Gasteiger partial charge in [0.05, 0.1) is 12.0 Å². The number of carbonyl (C=O) groups excluding carboxylic acids is 1. The lowest BCUT2D eigenvalue weighted by atomic mass is 10.1. The second-order valence-corrected chi connectivity index (χ2v) is 5.84. The molecule has 22 heavy (non-hydrogen) atoms. The molecule has 0 aliphatic heterocycles. The molecule has 2 aromatic heterocycles. The molecule has 5 nitrogen and oxygen atoms in total. The van der Waals surface area contributed by atoms with Crippen molar-refractivity contribution < 1.29 is 9.53 Å². The van der Waals surface area contributed by atoms with E-state index < -0.39 is 5.97 Å². The van der Waals surface area contributed by atoms with E-state index in [-0.39, 0.29) is 18.0 Å². The SMILES string of the molecule is CCOC(=O)c1nc2sc(Cc3ccccc3)cc2c(=O)[nH]1. The number of carbonyl (C=O) groups is 1. The van der Waals surface area contributed by atoms with Crippen LogP contribution in [0.3, 0.4) is 0 Å². The zero-order valence-corrected chi connectivity index (χ0v) is 12.8. The zero-order valence-electron chi connectivity index (χ0n) is 12.0. The molecule has 0 fully saturated rings. The average Bonchev–Trinajstić information content (AvgIpc) is 2.91. The molecule has 0 aliphatic carbocycles. The van der Waals surface area contributed by atoms with Gasteiger partial charge in [0.25, 0.3) is 5.56 Å². The van der Waals surface area contributed by atoms with Crippen molar-refractivity contribution in [3.63, 3.8) is 0 Å². The van der Waals surface area contributed by atoms with Crippen LogP contribution in [-0.2, 0) is 11.2 Å². The Balaban J connectivity index is 1.97. The fourth-order valence-corrected chi connectivity index (χ4v) is 3.22. The summed E-state index contributed by atoms with van der Waals surface area (Å²) in [6.07, 6.45) is 0.732. The third-order valence-electron chi connectivity index (χ3n) is 3.14. The molecule has 0 radical (unpaired) electrons. The number of H-pyrrole nitrogens is 1. The van der Waals surface area contributed by atoms with Gasteiger partial charge in [-0.2, -0.15) is 0 Å². The van der Waals surface area contributed by atoms with Crippen LogP contribution in [0.1, 0.15) is 28.0 Å². The van der Waals surface area contributed by atoms with Gasteiger partial charge in [0.2, 0.25) is 5.82 Å². The second kappa shape index (κ2) is 6.11. The molecule has 3 aromatic rings. The lowest BCUT2D eigenvalue weighted by Crippen LogP contribution is -2.16. The highest BCUT2D eigenvalue weighted by Gasteiger charge is 2.14. The Bertz CT molecular complexity index is 868. The average molecular weight is 314 g/mol. The fraction of sp³-hybridized carbons (Fsp3) is 0.188. The van der Waals surface area contributed by atoms with Crippen LogP contribution in [0.4, 0.5) is 0 Å². The van der Waals surface area contributed by atoms with Crippen molar-refractivity contribution in [2.75, 3.05) is 6.61 Å². The van der Waals surface area contributed by atoms with E-state index in [4.69, 9.17) is 4.74 Å². The van der Waals surface area contributed by atoms with Crippen molar-refractivity contribution in [1.82, 2.24) is 9.97 Å². The van der Waals surface area contributed by atoms with E-state index in [1.54, 1.807) is 6.92 Å². The number of benzene rings is 1. The normalized spacial score (nSPS) is 10.8. The molecule has 3 rings (SSSR count). The summed E-state index contributed by atoms with van der Waals surface area (Å²) in [4.78, 5) is 32.0. The standard InChI is InChI=1S/C16H14N2O3S/c1-2-21-16(20)13-17-14(19)12-9-11(22-15(12)18-13)8-10-6-4-3-5-7-10/h3-7,9H,2,8H2,1H3,(H,17,18,19). The number of fused-ring (bicyclic) bond motifs is 1. The van der Waals surface area contributed by atoms with Crippen LogP contribution in [0, 0.1) is 0 Å². The Hall–Kier alpha value is -2.47. The number of ether oxygens (including phenoxy) is 1. The van der Waals surface area contributed by atoms with Gasteiger partial charge >= 0.3 is 5.97 Å². The van der Waals surface area contributed by atoms with Gasteiger partial charge in [-0.3, -0.25) is 4.79 Å². The summed E-state index contributed by atoms with van der Waals surface area (Å²) in [6.45, 7) is 1.95. The van der Waals surface area contributed by atoms with Gasteiger partial charge in [0.15, 0.2) is 0 Å². The number of thiophene rings is 1. The van der Waals surface area contributed by atoms with E-state index >= 15 is 0 Å². The molecule has 0 atom stereocenters. The first kappa shape index (κ1) is 14.5. The summed E-state index contributed by atoms with van der Waals surface area (Å²) in [5.74, 6) is -0.660. The van der Waals surface area contributed by atoms with Crippen LogP contribution < -0.4 is 5.56 Å². The first-order chi connectivity index (χ1) is 10.7. The van der Waals surface area contributed by atoms with Crippen molar-refractivity contribution in [2.24, 2.45) is 0 Å². The number of nitrogens with zero attached hydrogens (tertiary/aromatic N) is 1. The molecular weight excluding hydrogens is 300 g/mol. The number of hydrogen-bond acceptors (Lipinski definition) is 5. The first-order valence-corrected chi connectivity index (χ1v) is 7.73. The summed E-state index contributed by atoms with van der Waals surface area (Å²) in [5, 5.41) is 0.504. The number of esters is 1. The number of aromatic nitrogens is 2. The van der Waals surface area contributed by atoms with Gasteiger partial charge in [0.1, 0.15) is 4.83 Å². The van der Waals surface area contributed by atoms with Crippen molar-refractivity contribution in [1.29, 1.82) is 0 Å². The predicted molar refractivity (Wildman–Crippen MR) is 85.4 cm³/mol.